The third-order valence-electron chi connectivity index (χ3n) is 1.51. The molecule has 0 bridgehead atoms. The number of nitrogens with one attached hydrogen (secondary N) is 2. The Balaban J connectivity index is 3.55. The molecule has 0 rings (SSSR count). The van der Waals surface area contributed by atoms with Crippen molar-refractivity contribution in [2.24, 2.45) is 0 Å². The maximum atomic E-state index is 11.2. The van der Waals surface area contributed by atoms with Gasteiger partial charge < -0.3 is 4.74 Å². The van der Waals surface area contributed by atoms with Gasteiger partial charge >= 0.3 is 6.09 Å². The van der Waals surface area contributed by atoms with Crippen molar-refractivity contribution in [1.29, 1.82) is 0 Å². The number of alkyl halides is 1. The molecule has 1 unspecified atom stereocenters. The van der Waals surface area contributed by atoms with Gasteiger partial charge in [-0.2, -0.15) is 0 Å². The lowest BCUT2D eigenvalue weighted by molar-refractivity contribution is 0.0498. The number of ether oxygens (including phenoxy) is 1. The van der Waals surface area contributed by atoms with Crippen molar-refractivity contribution in [2.75, 3.05) is 6.54 Å². The topological polar surface area (TPSA) is 50.4 Å². The van der Waals surface area contributed by atoms with Gasteiger partial charge in [0.15, 0.2) is 0 Å². The maximum absolute atomic E-state index is 11.2. The molecule has 0 spiro atoms. The number of hydrogen-bond donors (Lipinski definition) is 2. The fourth-order valence-corrected chi connectivity index (χ4v) is 1.25. The van der Waals surface area contributed by atoms with Gasteiger partial charge in [0.25, 0.3) is 0 Å². The number of hydrogen-bond acceptors (Lipinski definition) is 3. The SMILES string of the molecule is CCCC(Cl)CNNC(=O)OC(C)(C)C. The van der Waals surface area contributed by atoms with Crippen LogP contribution in [-0.4, -0.2) is 23.6 Å². The predicted molar refractivity (Wildman–Crippen MR) is 61.9 cm³/mol. The summed E-state index contributed by atoms with van der Waals surface area (Å²) in [7, 11) is 0. The van der Waals surface area contributed by atoms with E-state index in [-0.39, 0.29) is 5.38 Å². The van der Waals surface area contributed by atoms with Crippen molar-refractivity contribution < 1.29 is 9.53 Å². The van der Waals surface area contributed by atoms with Crippen LogP contribution < -0.4 is 10.9 Å². The van der Waals surface area contributed by atoms with E-state index in [0.29, 0.717) is 6.54 Å². The molecule has 2 N–H and O–H groups in total. The number of amides is 1. The van der Waals surface area contributed by atoms with E-state index < -0.39 is 11.7 Å². The van der Waals surface area contributed by atoms with E-state index in [4.69, 9.17) is 16.3 Å². The second-order valence-corrected chi connectivity index (χ2v) is 5.01. The van der Waals surface area contributed by atoms with E-state index in [1.54, 1.807) is 0 Å². The smallest absolute Gasteiger partial charge is 0.422 e. The summed E-state index contributed by atoms with van der Waals surface area (Å²) in [5.41, 5.74) is 4.69. The molecule has 5 heteroatoms. The third kappa shape index (κ3) is 9.82. The van der Waals surface area contributed by atoms with E-state index in [0.717, 1.165) is 12.8 Å². The summed E-state index contributed by atoms with van der Waals surface area (Å²) in [6, 6.07) is 0. The molecule has 15 heavy (non-hydrogen) atoms. The van der Waals surface area contributed by atoms with Crippen molar-refractivity contribution in [2.45, 2.75) is 51.5 Å². The molecule has 0 radical (unpaired) electrons. The van der Waals surface area contributed by atoms with Gasteiger partial charge in [-0.05, 0) is 27.2 Å². The summed E-state index contributed by atoms with van der Waals surface area (Å²) in [6.45, 7) is 8.04. The minimum absolute atomic E-state index is 0.0323. The molecule has 0 aromatic rings. The Kier molecular flexibility index (Phi) is 6.68. The Bertz CT molecular complexity index is 192. The van der Waals surface area contributed by atoms with Crippen LogP contribution in [0.5, 0.6) is 0 Å². The zero-order valence-electron chi connectivity index (χ0n) is 9.89. The second-order valence-electron chi connectivity index (χ2n) is 4.39. The Morgan fingerprint density at radius 3 is 2.53 bits per heavy atom. The molecule has 0 saturated heterocycles. The summed E-state index contributed by atoms with van der Waals surface area (Å²) < 4.78 is 5.02. The molecular formula is C10H21ClN2O2. The van der Waals surface area contributed by atoms with Crippen LogP contribution >= 0.6 is 11.6 Å². The summed E-state index contributed by atoms with van der Waals surface area (Å²) >= 11 is 5.94. The minimum atomic E-state index is -0.483. The van der Waals surface area contributed by atoms with Crippen LogP contribution in [0.15, 0.2) is 0 Å². The molecule has 0 fully saturated rings. The van der Waals surface area contributed by atoms with Crippen molar-refractivity contribution in [3.05, 3.63) is 0 Å². The zero-order chi connectivity index (χ0) is 11.9. The molecule has 0 aromatic heterocycles. The van der Waals surface area contributed by atoms with Crippen LogP contribution in [-0.2, 0) is 4.74 Å². The molecule has 0 aliphatic rings. The zero-order valence-corrected chi connectivity index (χ0v) is 10.6. The van der Waals surface area contributed by atoms with Crippen LogP contribution in [0.1, 0.15) is 40.5 Å². The van der Waals surface area contributed by atoms with Crippen molar-refractivity contribution in [3.8, 4) is 0 Å². The third-order valence-corrected chi connectivity index (χ3v) is 1.89. The van der Waals surface area contributed by atoms with Crippen LogP contribution in [0.4, 0.5) is 4.79 Å². The lowest BCUT2D eigenvalue weighted by Crippen LogP contribution is -2.43. The Morgan fingerprint density at radius 1 is 1.47 bits per heavy atom. The summed E-state index contributed by atoms with van der Waals surface area (Å²) in [6.07, 6.45) is 1.47. The van der Waals surface area contributed by atoms with Crippen LogP contribution in [0.3, 0.4) is 0 Å². The molecule has 4 nitrogen and oxygen atoms in total. The largest absolute Gasteiger partial charge is 0.443 e. The average molecular weight is 237 g/mol. The summed E-state index contributed by atoms with van der Waals surface area (Å²) in [5.74, 6) is 0. The van der Waals surface area contributed by atoms with Crippen molar-refractivity contribution in [3.63, 3.8) is 0 Å². The fourth-order valence-electron chi connectivity index (χ4n) is 0.953. The number of rotatable bonds is 5. The monoisotopic (exact) mass is 236 g/mol. The van der Waals surface area contributed by atoms with Crippen molar-refractivity contribution in [1.82, 2.24) is 10.9 Å². The molecule has 0 aromatic carbocycles. The van der Waals surface area contributed by atoms with Crippen molar-refractivity contribution >= 4 is 17.7 Å². The highest BCUT2D eigenvalue weighted by molar-refractivity contribution is 6.20. The van der Waals surface area contributed by atoms with Gasteiger partial charge in [0, 0.05) is 11.9 Å². The van der Waals surface area contributed by atoms with E-state index in [1.807, 2.05) is 20.8 Å². The molecule has 0 aliphatic heterocycles. The molecule has 0 heterocycles. The van der Waals surface area contributed by atoms with Gasteiger partial charge in [-0.25, -0.2) is 10.2 Å². The Labute approximate surface area is 96.7 Å². The molecule has 0 aliphatic carbocycles. The highest BCUT2D eigenvalue weighted by atomic mass is 35.5. The normalized spacial score (nSPS) is 13.4. The average Bonchev–Trinajstić information content (AvgIpc) is 2.00. The molecular weight excluding hydrogens is 216 g/mol. The Morgan fingerprint density at radius 2 is 2.07 bits per heavy atom. The van der Waals surface area contributed by atoms with Crippen LogP contribution in [0, 0.1) is 0 Å². The predicted octanol–water partition coefficient (Wildman–Crippen LogP) is 2.42. The lowest BCUT2D eigenvalue weighted by atomic mass is 10.2. The number of carbonyl (C=O) groups is 1. The summed E-state index contributed by atoms with van der Waals surface area (Å²) in [5, 5.41) is 0.0323. The van der Waals surface area contributed by atoms with E-state index in [9.17, 15) is 4.79 Å². The van der Waals surface area contributed by atoms with Gasteiger partial charge in [-0.3, -0.25) is 5.43 Å². The molecule has 0 saturated carbocycles. The first-order chi connectivity index (χ1) is 6.85. The Hall–Kier alpha value is -0.480. The molecule has 1 atom stereocenters. The lowest BCUT2D eigenvalue weighted by Gasteiger charge is -2.20. The first-order valence-corrected chi connectivity index (χ1v) is 5.64. The van der Waals surface area contributed by atoms with Gasteiger partial charge in [0.05, 0.1) is 0 Å². The minimum Gasteiger partial charge on any atom is -0.443 e. The fraction of sp³-hybridized carbons (Fsp3) is 0.900. The number of hydrazine groups is 1. The first kappa shape index (κ1) is 14.5. The highest BCUT2D eigenvalue weighted by Crippen LogP contribution is 2.06. The second kappa shape index (κ2) is 6.90. The van der Waals surface area contributed by atoms with E-state index in [1.165, 1.54) is 0 Å². The van der Waals surface area contributed by atoms with Gasteiger partial charge in [0.1, 0.15) is 5.60 Å². The van der Waals surface area contributed by atoms with E-state index in [2.05, 4.69) is 17.8 Å². The van der Waals surface area contributed by atoms with Crippen LogP contribution in [0.25, 0.3) is 0 Å². The van der Waals surface area contributed by atoms with E-state index >= 15 is 0 Å². The highest BCUT2D eigenvalue weighted by Gasteiger charge is 2.15. The molecule has 1 amide bonds. The molecule has 90 valence electrons. The van der Waals surface area contributed by atoms with Gasteiger partial charge in [-0.1, -0.05) is 13.3 Å². The van der Waals surface area contributed by atoms with Crippen LogP contribution in [0.2, 0.25) is 0 Å². The quantitative estimate of drug-likeness (QED) is 0.570. The number of carbonyl (C=O) groups excluding carboxylic acids is 1. The van der Waals surface area contributed by atoms with Gasteiger partial charge in [0.2, 0.25) is 0 Å². The van der Waals surface area contributed by atoms with Gasteiger partial charge in [-0.15, -0.1) is 11.6 Å². The first-order valence-electron chi connectivity index (χ1n) is 5.21. The standard InChI is InChI=1S/C10H21ClN2O2/c1-5-6-8(11)7-12-13-9(14)15-10(2,3)4/h8,12H,5-7H2,1-4H3,(H,13,14). The maximum Gasteiger partial charge on any atom is 0.422 e. The summed E-state index contributed by atoms with van der Waals surface area (Å²) in [4.78, 5) is 11.2. The number of halogens is 1.